The van der Waals surface area contributed by atoms with E-state index in [0.717, 1.165) is 88.5 Å². The minimum absolute atomic E-state index is 0.180. The van der Waals surface area contributed by atoms with Gasteiger partial charge in [0.15, 0.2) is 19.7 Å². The van der Waals surface area contributed by atoms with Gasteiger partial charge in [0.25, 0.3) is 0 Å². The van der Waals surface area contributed by atoms with E-state index >= 15 is 0 Å². The molecule has 0 aromatic heterocycles. The summed E-state index contributed by atoms with van der Waals surface area (Å²) in [5, 5.41) is 7.75. The molecule has 9 aliphatic rings. The number of likely N-dealkylation sites (tertiary alicyclic amines) is 2. The highest BCUT2D eigenvalue weighted by Gasteiger charge is 2.52. The second kappa shape index (κ2) is 13.8. The van der Waals surface area contributed by atoms with Gasteiger partial charge < -0.3 is 9.47 Å². The smallest absolute Gasteiger partial charge is 0.156 e. The van der Waals surface area contributed by atoms with E-state index in [4.69, 9.17) is 9.47 Å². The standard InChI is InChI=1S/C39H61N3O6S2/c40-24-25-17-34(49(43,44)32-5-1-30(2-6-32)41-13-9-26-19-28-11-15-47-38(28)22-36(26)41)21-35(18-25)50(45,46)33-7-3-31(4-8-33)42-14-10-27-20-29-12-16-48-39(29)23-37(27)42/h25-39H,1-23H2. The molecule has 4 aliphatic heterocycles. The molecule has 9 fully saturated rings. The van der Waals surface area contributed by atoms with Crippen LogP contribution in [0.5, 0.6) is 0 Å². The van der Waals surface area contributed by atoms with Crippen molar-refractivity contribution in [2.24, 2.45) is 29.6 Å². The van der Waals surface area contributed by atoms with Gasteiger partial charge in [0.1, 0.15) is 0 Å². The van der Waals surface area contributed by atoms with Crippen molar-refractivity contribution >= 4 is 19.7 Å². The molecule has 0 radical (unpaired) electrons. The fraction of sp³-hybridized carbons (Fsp3) is 0.974. The summed E-state index contributed by atoms with van der Waals surface area (Å²) in [6.45, 7) is 4.07. The van der Waals surface area contributed by atoms with Crippen LogP contribution in [0.1, 0.15) is 122 Å². The molecule has 0 bridgehead atoms. The third-order valence-electron chi connectivity index (χ3n) is 16.2. The Morgan fingerprint density at radius 2 is 0.920 bits per heavy atom. The highest BCUT2D eigenvalue weighted by molar-refractivity contribution is 7.93. The Bertz CT molecular complexity index is 1400. The van der Waals surface area contributed by atoms with Crippen LogP contribution in [0.2, 0.25) is 0 Å². The summed E-state index contributed by atoms with van der Waals surface area (Å²) in [6.07, 6.45) is 17.6. The van der Waals surface area contributed by atoms with E-state index in [1.165, 1.54) is 38.5 Å². The molecule has 9 rings (SSSR count). The van der Waals surface area contributed by atoms with Gasteiger partial charge in [-0.25, -0.2) is 16.8 Å². The van der Waals surface area contributed by atoms with Crippen LogP contribution >= 0.6 is 0 Å². The fourth-order valence-corrected chi connectivity index (χ4v) is 18.6. The van der Waals surface area contributed by atoms with Crippen LogP contribution in [0.25, 0.3) is 0 Å². The van der Waals surface area contributed by atoms with Crippen LogP contribution in [0.3, 0.4) is 0 Å². The van der Waals surface area contributed by atoms with Crippen molar-refractivity contribution in [1.82, 2.24) is 9.80 Å². The van der Waals surface area contributed by atoms with Gasteiger partial charge in [-0.3, -0.25) is 9.80 Å². The van der Waals surface area contributed by atoms with Gasteiger partial charge >= 0.3 is 0 Å². The number of hydrogen-bond acceptors (Lipinski definition) is 9. The number of nitriles is 1. The first-order valence-corrected chi connectivity index (χ1v) is 24.0. The highest BCUT2D eigenvalue weighted by atomic mass is 32.2. The monoisotopic (exact) mass is 731 g/mol. The van der Waals surface area contributed by atoms with E-state index in [2.05, 4.69) is 15.9 Å². The molecule has 11 heteroatoms. The average Bonchev–Trinajstić information content (AvgIpc) is 3.96. The van der Waals surface area contributed by atoms with Crippen molar-refractivity contribution in [2.45, 2.75) is 179 Å². The Morgan fingerprint density at radius 3 is 1.34 bits per heavy atom. The molecule has 0 aromatic carbocycles. The first-order chi connectivity index (χ1) is 24.2. The topological polar surface area (TPSA) is 117 Å². The van der Waals surface area contributed by atoms with E-state index in [9.17, 15) is 22.1 Å². The van der Waals surface area contributed by atoms with Gasteiger partial charge in [-0.2, -0.15) is 5.26 Å². The first-order valence-electron chi connectivity index (χ1n) is 20.8. The molecule has 5 aliphatic carbocycles. The molecule has 280 valence electrons. The van der Waals surface area contributed by atoms with E-state index in [1.54, 1.807) is 0 Å². The summed E-state index contributed by atoms with van der Waals surface area (Å²) < 4.78 is 69.2. The molecule has 4 heterocycles. The van der Waals surface area contributed by atoms with Crippen molar-refractivity contribution in [3.05, 3.63) is 0 Å². The molecule has 0 amide bonds. The summed E-state index contributed by atoms with van der Waals surface area (Å²) in [6, 6.07) is 4.36. The normalized spacial score (nSPS) is 48.7. The van der Waals surface area contributed by atoms with E-state index < -0.39 is 46.6 Å². The third kappa shape index (κ3) is 6.24. The van der Waals surface area contributed by atoms with Crippen LogP contribution < -0.4 is 0 Å². The number of nitrogens with zero attached hydrogens (tertiary/aromatic N) is 3. The van der Waals surface area contributed by atoms with Gasteiger partial charge in [0.2, 0.25) is 0 Å². The molecular weight excluding hydrogens is 671 g/mol. The van der Waals surface area contributed by atoms with Crippen LogP contribution in [-0.2, 0) is 29.1 Å². The summed E-state index contributed by atoms with van der Waals surface area (Å²) in [5.41, 5.74) is 0. The number of sulfone groups is 2. The lowest BCUT2D eigenvalue weighted by molar-refractivity contribution is 0.00814. The second-order valence-corrected chi connectivity index (χ2v) is 23.4. The average molecular weight is 732 g/mol. The summed E-state index contributed by atoms with van der Waals surface area (Å²) in [7, 11) is -7.09. The third-order valence-corrected chi connectivity index (χ3v) is 21.6. The molecule has 4 saturated heterocycles. The zero-order valence-corrected chi connectivity index (χ0v) is 31.7. The van der Waals surface area contributed by atoms with Crippen molar-refractivity contribution < 1.29 is 26.3 Å². The Kier molecular flexibility index (Phi) is 9.66. The Morgan fingerprint density at radius 1 is 0.480 bits per heavy atom. The molecule has 10 unspecified atom stereocenters. The number of ether oxygens (including phenoxy) is 2. The molecule has 9 nitrogen and oxygen atoms in total. The van der Waals surface area contributed by atoms with Gasteiger partial charge in [0.05, 0.1) is 39.3 Å². The molecule has 5 saturated carbocycles. The summed E-state index contributed by atoms with van der Waals surface area (Å²) in [4.78, 5) is 5.43. The van der Waals surface area contributed by atoms with Crippen LogP contribution in [-0.4, -0.2) is 110 Å². The predicted octanol–water partition coefficient (Wildman–Crippen LogP) is 5.28. The first kappa shape index (κ1) is 35.0. The van der Waals surface area contributed by atoms with E-state index in [-0.39, 0.29) is 6.42 Å². The lowest BCUT2D eigenvalue weighted by Crippen LogP contribution is -2.50. The van der Waals surface area contributed by atoms with Crippen LogP contribution in [0.15, 0.2) is 0 Å². The molecule has 0 aromatic rings. The maximum absolute atomic E-state index is 14.3. The maximum atomic E-state index is 14.3. The van der Waals surface area contributed by atoms with Crippen LogP contribution in [0, 0.1) is 40.9 Å². The van der Waals surface area contributed by atoms with E-state index in [0.29, 0.717) is 74.9 Å². The summed E-state index contributed by atoms with van der Waals surface area (Å²) >= 11 is 0. The van der Waals surface area contributed by atoms with Crippen molar-refractivity contribution in [2.75, 3.05) is 26.3 Å². The highest BCUT2D eigenvalue weighted by Crippen LogP contribution is 2.48. The van der Waals surface area contributed by atoms with Gasteiger partial charge in [-0.1, -0.05) is 0 Å². The zero-order chi connectivity index (χ0) is 34.2. The van der Waals surface area contributed by atoms with Gasteiger partial charge in [-0.15, -0.1) is 0 Å². The fourth-order valence-electron chi connectivity index (χ4n) is 13.5. The molecule has 0 spiro atoms. The quantitative estimate of drug-likeness (QED) is 0.360. The lowest BCUT2D eigenvalue weighted by atomic mass is 9.76. The predicted molar refractivity (Wildman–Crippen MR) is 192 cm³/mol. The number of hydrogen-bond donors (Lipinski definition) is 0. The molecule has 0 N–H and O–H groups in total. The van der Waals surface area contributed by atoms with Gasteiger partial charge in [0, 0.05) is 43.3 Å². The Hall–Kier alpha value is -0.770. The SMILES string of the molecule is N#CC1CC(S(=O)(=O)C2CCC(N3CCC4CC5CCOC5CC43)CC2)CC(S(=O)(=O)C2CCC(N3CCC4CC5CCOC5CC43)CC2)C1. The summed E-state index contributed by atoms with van der Waals surface area (Å²) in [5.74, 6) is 2.49. The van der Waals surface area contributed by atoms with Crippen molar-refractivity contribution in [1.29, 1.82) is 5.26 Å². The zero-order valence-electron chi connectivity index (χ0n) is 30.0. The molecule has 50 heavy (non-hydrogen) atoms. The van der Waals surface area contributed by atoms with Crippen LogP contribution in [0.4, 0.5) is 0 Å². The van der Waals surface area contributed by atoms with Crippen molar-refractivity contribution in [3.8, 4) is 6.07 Å². The molecule has 10 atom stereocenters. The Balaban J connectivity index is 0.808. The molecular formula is C39H61N3O6S2. The van der Waals surface area contributed by atoms with Crippen molar-refractivity contribution in [3.63, 3.8) is 0 Å². The number of rotatable bonds is 6. The number of fused-ring (bicyclic) bond motifs is 4. The minimum Gasteiger partial charge on any atom is -0.378 e. The largest absolute Gasteiger partial charge is 0.378 e. The second-order valence-electron chi connectivity index (χ2n) is 18.4. The van der Waals surface area contributed by atoms with Gasteiger partial charge in [-0.05, 0) is 159 Å². The Labute approximate surface area is 301 Å². The van der Waals surface area contributed by atoms with E-state index in [1.807, 2.05) is 0 Å². The minimum atomic E-state index is -3.54. The maximum Gasteiger partial charge on any atom is 0.156 e. The lowest BCUT2D eigenvalue weighted by Gasteiger charge is -2.44.